The quantitative estimate of drug-likeness (QED) is 0.868. The topological polar surface area (TPSA) is 67.6 Å². The number of anilines is 1. The van der Waals surface area contributed by atoms with Crippen molar-refractivity contribution in [2.24, 2.45) is 17.6 Å². The number of nitrogens with one attached hydrogen (secondary N) is 1. The highest BCUT2D eigenvalue weighted by molar-refractivity contribution is 5.92. The number of hydrogen-bond acceptors (Lipinski definition) is 4. The first-order chi connectivity index (χ1) is 11.7. The van der Waals surface area contributed by atoms with E-state index in [0.717, 1.165) is 70.8 Å². The van der Waals surface area contributed by atoms with Gasteiger partial charge in [0.2, 0.25) is 5.91 Å². The molecule has 1 aromatic rings. The lowest BCUT2D eigenvalue weighted by Crippen LogP contribution is -2.35. The summed E-state index contributed by atoms with van der Waals surface area (Å²) < 4.78 is 5.38. The molecule has 1 aromatic carbocycles. The predicted octanol–water partition coefficient (Wildman–Crippen LogP) is 2.22. The lowest BCUT2D eigenvalue weighted by molar-refractivity contribution is -0.121. The molecular weight excluding hydrogens is 302 g/mol. The van der Waals surface area contributed by atoms with Crippen molar-refractivity contribution in [3.63, 3.8) is 0 Å². The van der Waals surface area contributed by atoms with Gasteiger partial charge in [0, 0.05) is 31.2 Å². The third-order valence-corrected chi connectivity index (χ3v) is 5.28. The third-order valence-electron chi connectivity index (χ3n) is 5.28. The van der Waals surface area contributed by atoms with Gasteiger partial charge in [-0.3, -0.25) is 9.69 Å². The van der Waals surface area contributed by atoms with Crippen LogP contribution in [-0.2, 0) is 16.1 Å². The number of carbonyl (C=O) groups is 1. The van der Waals surface area contributed by atoms with Gasteiger partial charge in [-0.05, 0) is 55.8 Å². The summed E-state index contributed by atoms with van der Waals surface area (Å²) in [4.78, 5) is 14.8. The molecule has 2 fully saturated rings. The van der Waals surface area contributed by atoms with Gasteiger partial charge in [-0.25, -0.2) is 0 Å². The van der Waals surface area contributed by atoms with Crippen molar-refractivity contribution in [2.75, 3.05) is 38.2 Å². The predicted molar refractivity (Wildman–Crippen MR) is 95.7 cm³/mol. The number of benzene rings is 1. The van der Waals surface area contributed by atoms with Crippen LogP contribution in [0.25, 0.3) is 0 Å². The average molecular weight is 331 g/mol. The second-order valence-electron chi connectivity index (χ2n) is 7.03. The van der Waals surface area contributed by atoms with E-state index in [1.165, 1.54) is 5.56 Å². The molecule has 1 aliphatic heterocycles. The fraction of sp³-hybridized carbons (Fsp3) is 0.632. The second kappa shape index (κ2) is 8.60. The van der Waals surface area contributed by atoms with Gasteiger partial charge in [0.15, 0.2) is 0 Å². The largest absolute Gasteiger partial charge is 0.379 e. The number of rotatable bonds is 5. The summed E-state index contributed by atoms with van der Waals surface area (Å²) in [5, 5.41) is 3.07. The van der Waals surface area contributed by atoms with Crippen molar-refractivity contribution in [1.29, 1.82) is 0 Å². The van der Waals surface area contributed by atoms with Gasteiger partial charge < -0.3 is 15.8 Å². The van der Waals surface area contributed by atoms with Gasteiger partial charge in [-0.2, -0.15) is 0 Å². The van der Waals surface area contributed by atoms with Crippen LogP contribution < -0.4 is 11.1 Å². The summed E-state index contributed by atoms with van der Waals surface area (Å²) in [5.41, 5.74) is 7.89. The molecule has 0 bridgehead atoms. The highest BCUT2D eigenvalue weighted by Crippen LogP contribution is 2.29. The molecule has 2 aliphatic rings. The Hall–Kier alpha value is -1.43. The van der Waals surface area contributed by atoms with Gasteiger partial charge in [0.1, 0.15) is 0 Å². The van der Waals surface area contributed by atoms with Gasteiger partial charge in [-0.1, -0.05) is 12.1 Å². The zero-order chi connectivity index (χ0) is 16.8. The van der Waals surface area contributed by atoms with Crippen molar-refractivity contribution >= 4 is 11.6 Å². The zero-order valence-electron chi connectivity index (χ0n) is 14.4. The van der Waals surface area contributed by atoms with Gasteiger partial charge in [-0.15, -0.1) is 0 Å². The minimum absolute atomic E-state index is 0.140. The molecule has 24 heavy (non-hydrogen) atoms. The van der Waals surface area contributed by atoms with Crippen LogP contribution in [0.3, 0.4) is 0 Å². The monoisotopic (exact) mass is 331 g/mol. The van der Waals surface area contributed by atoms with Crippen molar-refractivity contribution < 1.29 is 9.53 Å². The van der Waals surface area contributed by atoms with E-state index < -0.39 is 0 Å². The Morgan fingerprint density at radius 2 is 1.79 bits per heavy atom. The van der Waals surface area contributed by atoms with E-state index in [1.54, 1.807) is 0 Å². The van der Waals surface area contributed by atoms with Crippen LogP contribution in [0.4, 0.5) is 5.69 Å². The number of carbonyl (C=O) groups excluding carboxylic acids is 1. The fourth-order valence-corrected chi connectivity index (χ4v) is 3.62. The third kappa shape index (κ3) is 4.79. The maximum atomic E-state index is 12.4. The average Bonchev–Trinajstić information content (AvgIpc) is 2.64. The van der Waals surface area contributed by atoms with Crippen LogP contribution in [0.2, 0.25) is 0 Å². The smallest absolute Gasteiger partial charge is 0.227 e. The summed E-state index contributed by atoms with van der Waals surface area (Å²) in [6.45, 7) is 5.31. The molecule has 1 amide bonds. The number of nitrogens with two attached hydrogens (primary N) is 1. The van der Waals surface area contributed by atoms with Crippen LogP contribution in [0.1, 0.15) is 31.2 Å². The lowest BCUT2D eigenvalue weighted by atomic mass is 9.81. The van der Waals surface area contributed by atoms with E-state index in [-0.39, 0.29) is 11.8 Å². The minimum Gasteiger partial charge on any atom is -0.379 e. The highest BCUT2D eigenvalue weighted by Gasteiger charge is 2.25. The van der Waals surface area contributed by atoms with E-state index in [4.69, 9.17) is 10.5 Å². The normalized spacial score (nSPS) is 25.4. The van der Waals surface area contributed by atoms with E-state index >= 15 is 0 Å². The van der Waals surface area contributed by atoms with Crippen molar-refractivity contribution in [3.05, 3.63) is 29.8 Å². The first kappa shape index (κ1) is 17.4. The van der Waals surface area contributed by atoms with Gasteiger partial charge >= 0.3 is 0 Å². The van der Waals surface area contributed by atoms with Crippen LogP contribution in [0.5, 0.6) is 0 Å². The SMILES string of the molecule is NCC1CCC(C(=O)Nc2ccc(CN3CCOCC3)cc2)CC1. The Labute approximate surface area is 144 Å². The van der Waals surface area contributed by atoms with Crippen molar-refractivity contribution in [2.45, 2.75) is 32.2 Å². The summed E-state index contributed by atoms with van der Waals surface area (Å²) >= 11 is 0. The molecule has 1 aliphatic carbocycles. The van der Waals surface area contributed by atoms with Crippen LogP contribution in [0.15, 0.2) is 24.3 Å². The number of morpholine rings is 1. The molecule has 3 rings (SSSR count). The molecule has 0 aromatic heterocycles. The van der Waals surface area contributed by atoms with Gasteiger partial charge in [0.25, 0.3) is 0 Å². The number of amides is 1. The number of nitrogens with zero attached hydrogens (tertiary/aromatic N) is 1. The van der Waals surface area contributed by atoms with Crippen LogP contribution >= 0.6 is 0 Å². The maximum absolute atomic E-state index is 12.4. The van der Waals surface area contributed by atoms with Crippen molar-refractivity contribution in [3.8, 4) is 0 Å². The Balaban J connectivity index is 1.47. The first-order valence-electron chi connectivity index (χ1n) is 9.14. The zero-order valence-corrected chi connectivity index (χ0v) is 14.4. The summed E-state index contributed by atoms with van der Waals surface area (Å²) in [6, 6.07) is 8.24. The molecule has 132 valence electrons. The van der Waals surface area contributed by atoms with Crippen LogP contribution in [-0.4, -0.2) is 43.7 Å². The summed E-state index contributed by atoms with van der Waals surface area (Å²) in [7, 11) is 0. The Morgan fingerprint density at radius 3 is 2.42 bits per heavy atom. The first-order valence-corrected chi connectivity index (χ1v) is 9.14. The molecule has 0 atom stereocenters. The molecule has 0 spiro atoms. The maximum Gasteiger partial charge on any atom is 0.227 e. The molecular formula is C19H29N3O2. The summed E-state index contributed by atoms with van der Waals surface area (Å²) in [5.74, 6) is 0.903. The molecule has 1 saturated carbocycles. The molecule has 1 saturated heterocycles. The number of ether oxygens (including phenoxy) is 1. The molecule has 5 nitrogen and oxygen atoms in total. The minimum atomic E-state index is 0.140. The number of hydrogen-bond donors (Lipinski definition) is 2. The molecule has 5 heteroatoms. The van der Waals surface area contributed by atoms with E-state index in [9.17, 15) is 4.79 Å². The van der Waals surface area contributed by atoms with Crippen LogP contribution in [0, 0.1) is 11.8 Å². The summed E-state index contributed by atoms with van der Waals surface area (Å²) in [6.07, 6.45) is 4.08. The Kier molecular flexibility index (Phi) is 6.24. The standard InChI is InChI=1S/C19H29N3O2/c20-13-15-1-5-17(6-2-15)19(23)21-18-7-3-16(4-8-18)14-22-9-11-24-12-10-22/h3-4,7-8,15,17H,1-2,5-6,9-14,20H2,(H,21,23). The lowest BCUT2D eigenvalue weighted by Gasteiger charge is -2.27. The van der Waals surface area contributed by atoms with Gasteiger partial charge in [0.05, 0.1) is 13.2 Å². The van der Waals surface area contributed by atoms with E-state index in [0.29, 0.717) is 5.92 Å². The van der Waals surface area contributed by atoms with E-state index in [1.807, 2.05) is 12.1 Å². The molecule has 0 radical (unpaired) electrons. The highest BCUT2D eigenvalue weighted by atomic mass is 16.5. The second-order valence-corrected chi connectivity index (χ2v) is 7.03. The molecule has 1 heterocycles. The molecule has 0 unspecified atom stereocenters. The van der Waals surface area contributed by atoms with E-state index in [2.05, 4.69) is 22.3 Å². The van der Waals surface area contributed by atoms with Crippen molar-refractivity contribution in [1.82, 2.24) is 4.90 Å². The Morgan fingerprint density at radius 1 is 1.12 bits per heavy atom. The Bertz CT molecular complexity index is 518. The molecule has 3 N–H and O–H groups in total. The fourth-order valence-electron chi connectivity index (χ4n) is 3.62.